The minimum Gasteiger partial charge on any atom is -0.440 e. The van der Waals surface area contributed by atoms with E-state index in [2.05, 4.69) is 15.9 Å². The third-order valence-corrected chi connectivity index (χ3v) is 4.22. The summed E-state index contributed by atoms with van der Waals surface area (Å²) in [5.74, 6) is -0.494. The highest BCUT2D eigenvalue weighted by molar-refractivity contribution is 9.10. The second kappa shape index (κ2) is 5.48. The van der Waals surface area contributed by atoms with Gasteiger partial charge in [0.25, 0.3) is 5.56 Å². The van der Waals surface area contributed by atoms with Crippen molar-refractivity contribution in [3.63, 3.8) is 0 Å². The number of aromatic nitrogens is 1. The number of pyridine rings is 1. The van der Waals surface area contributed by atoms with E-state index in [0.717, 1.165) is 4.47 Å². The first-order valence-corrected chi connectivity index (χ1v) is 7.52. The molecule has 23 heavy (non-hydrogen) atoms. The number of nitrogens with zero attached hydrogens (tertiary/aromatic N) is 2. The van der Waals surface area contributed by atoms with Crippen LogP contribution in [0.5, 0.6) is 5.75 Å². The second-order valence-electron chi connectivity index (χ2n) is 5.16. The molecule has 2 heterocycles. The van der Waals surface area contributed by atoms with E-state index in [1.807, 2.05) is 12.1 Å². The van der Waals surface area contributed by atoms with Crippen LogP contribution in [0.3, 0.4) is 0 Å². The highest BCUT2D eigenvalue weighted by Gasteiger charge is 2.34. The van der Waals surface area contributed by atoms with E-state index in [1.54, 1.807) is 25.1 Å². The van der Waals surface area contributed by atoms with Gasteiger partial charge in [-0.3, -0.25) is 4.79 Å². The number of fused-ring (bicyclic) bond motifs is 1. The average molecular weight is 374 g/mol. The fourth-order valence-electron chi connectivity index (χ4n) is 2.66. The highest BCUT2D eigenvalue weighted by Crippen LogP contribution is 2.40. The molecule has 0 bridgehead atoms. The molecule has 0 amide bonds. The monoisotopic (exact) mass is 373 g/mol. The summed E-state index contributed by atoms with van der Waals surface area (Å²) in [4.78, 5) is 12.5. The number of hydrogen-bond donors (Lipinski definition) is 2. The van der Waals surface area contributed by atoms with Crippen LogP contribution in [0.2, 0.25) is 0 Å². The number of halogens is 1. The molecular formula is C16H12BrN3O3. The summed E-state index contributed by atoms with van der Waals surface area (Å²) in [5.41, 5.74) is 6.56. The number of aryl methyl sites for hydroxylation is 1. The lowest BCUT2D eigenvalue weighted by Crippen LogP contribution is -2.31. The lowest BCUT2D eigenvalue weighted by molar-refractivity contribution is 0.165. The smallest absolute Gasteiger partial charge is 0.291 e. The standard InChI is InChI=1S/C16H12BrN3O3/c1-8-5-12-14(16(21)20(8)22)13(11(7-18)15(19)23-12)9-3-2-4-10(17)6-9/h2-6,13,22H,19H2,1H3/t13-/m0/s1. The number of allylic oxidation sites excluding steroid dienone is 1. The van der Waals surface area contributed by atoms with E-state index in [9.17, 15) is 15.3 Å². The van der Waals surface area contributed by atoms with Crippen molar-refractivity contribution in [1.82, 2.24) is 4.73 Å². The Bertz CT molecular complexity index is 941. The van der Waals surface area contributed by atoms with Crippen molar-refractivity contribution >= 4 is 15.9 Å². The summed E-state index contributed by atoms with van der Waals surface area (Å²) in [6, 6.07) is 10.7. The number of hydrogen-bond acceptors (Lipinski definition) is 5. The average Bonchev–Trinajstić information content (AvgIpc) is 2.51. The van der Waals surface area contributed by atoms with E-state index in [0.29, 0.717) is 16.0 Å². The van der Waals surface area contributed by atoms with Crippen LogP contribution in [-0.4, -0.2) is 9.94 Å². The van der Waals surface area contributed by atoms with Gasteiger partial charge in [0, 0.05) is 10.5 Å². The van der Waals surface area contributed by atoms with Gasteiger partial charge in [0.05, 0.1) is 17.2 Å². The molecule has 0 unspecified atom stereocenters. The van der Waals surface area contributed by atoms with Gasteiger partial charge in [0.1, 0.15) is 17.4 Å². The zero-order valence-corrected chi connectivity index (χ0v) is 13.7. The molecule has 1 aliphatic heterocycles. The maximum atomic E-state index is 12.5. The Labute approximate surface area is 140 Å². The molecule has 6 nitrogen and oxygen atoms in total. The largest absolute Gasteiger partial charge is 0.440 e. The molecule has 3 N–H and O–H groups in total. The lowest BCUT2D eigenvalue weighted by atomic mass is 9.84. The van der Waals surface area contributed by atoms with E-state index >= 15 is 0 Å². The molecule has 1 aromatic heterocycles. The van der Waals surface area contributed by atoms with Crippen LogP contribution in [-0.2, 0) is 0 Å². The number of rotatable bonds is 1. The summed E-state index contributed by atoms with van der Waals surface area (Å²) in [6.07, 6.45) is 0. The third-order valence-electron chi connectivity index (χ3n) is 3.73. The zero-order valence-electron chi connectivity index (χ0n) is 12.1. The van der Waals surface area contributed by atoms with Crippen LogP contribution >= 0.6 is 15.9 Å². The minimum atomic E-state index is -0.701. The lowest BCUT2D eigenvalue weighted by Gasteiger charge is -2.26. The van der Waals surface area contributed by atoms with Crippen LogP contribution in [0, 0.1) is 18.3 Å². The van der Waals surface area contributed by atoms with Gasteiger partial charge in [-0.2, -0.15) is 9.99 Å². The van der Waals surface area contributed by atoms with E-state index < -0.39 is 11.5 Å². The molecule has 0 fully saturated rings. The molecule has 0 radical (unpaired) electrons. The molecule has 2 aromatic rings. The molecule has 0 spiro atoms. The number of nitriles is 1. The topological polar surface area (TPSA) is 101 Å². The second-order valence-corrected chi connectivity index (χ2v) is 6.08. The van der Waals surface area contributed by atoms with Gasteiger partial charge in [-0.1, -0.05) is 28.1 Å². The van der Waals surface area contributed by atoms with Gasteiger partial charge >= 0.3 is 0 Å². The Morgan fingerprint density at radius 3 is 2.83 bits per heavy atom. The van der Waals surface area contributed by atoms with E-state index in [1.165, 1.54) is 6.07 Å². The van der Waals surface area contributed by atoms with Gasteiger partial charge < -0.3 is 15.7 Å². The first-order chi connectivity index (χ1) is 10.9. The maximum absolute atomic E-state index is 12.5. The quantitative estimate of drug-likeness (QED) is 0.747. The molecule has 116 valence electrons. The molecule has 0 saturated carbocycles. The SMILES string of the molecule is Cc1cc2c(c(=O)n1O)[C@@H](c1cccc(Br)c1)C(C#N)=C(N)O2. The van der Waals surface area contributed by atoms with Crippen molar-refractivity contribution in [2.75, 3.05) is 0 Å². The third kappa shape index (κ3) is 2.37. The van der Waals surface area contributed by atoms with E-state index in [-0.39, 0.29) is 22.8 Å². The Morgan fingerprint density at radius 1 is 1.43 bits per heavy atom. The van der Waals surface area contributed by atoms with Gasteiger partial charge in [-0.05, 0) is 24.6 Å². The van der Waals surface area contributed by atoms with Gasteiger partial charge in [-0.15, -0.1) is 0 Å². The Morgan fingerprint density at radius 2 is 2.17 bits per heavy atom. The van der Waals surface area contributed by atoms with Crippen molar-refractivity contribution in [3.8, 4) is 11.8 Å². The van der Waals surface area contributed by atoms with Crippen LogP contribution in [0.15, 0.2) is 51.1 Å². The summed E-state index contributed by atoms with van der Waals surface area (Å²) in [7, 11) is 0. The van der Waals surface area contributed by atoms with Crippen LogP contribution < -0.4 is 16.0 Å². The van der Waals surface area contributed by atoms with Crippen LogP contribution in [0.1, 0.15) is 22.7 Å². The van der Waals surface area contributed by atoms with Gasteiger partial charge in [0.15, 0.2) is 0 Å². The van der Waals surface area contributed by atoms with Crippen molar-refractivity contribution in [1.29, 1.82) is 5.26 Å². The fraction of sp³-hybridized carbons (Fsp3) is 0.125. The summed E-state index contributed by atoms with van der Waals surface area (Å²) in [5, 5.41) is 19.4. The Hall–Kier alpha value is -2.72. The summed E-state index contributed by atoms with van der Waals surface area (Å²) < 4.78 is 6.78. The molecule has 1 aromatic carbocycles. The molecule has 1 atom stereocenters. The Balaban J connectivity index is 2.36. The number of nitrogens with two attached hydrogens (primary N) is 1. The first-order valence-electron chi connectivity index (χ1n) is 6.73. The predicted octanol–water partition coefficient (Wildman–Crippen LogP) is 2.37. The van der Waals surface area contributed by atoms with Crippen LogP contribution in [0.4, 0.5) is 0 Å². The van der Waals surface area contributed by atoms with E-state index in [4.69, 9.17) is 10.5 Å². The highest BCUT2D eigenvalue weighted by atomic mass is 79.9. The molecule has 3 rings (SSSR count). The first kappa shape index (κ1) is 15.2. The maximum Gasteiger partial charge on any atom is 0.291 e. The summed E-state index contributed by atoms with van der Waals surface area (Å²) >= 11 is 3.38. The fourth-order valence-corrected chi connectivity index (χ4v) is 3.07. The van der Waals surface area contributed by atoms with Crippen molar-refractivity contribution in [3.05, 3.63) is 73.4 Å². The van der Waals surface area contributed by atoms with Crippen LogP contribution in [0.25, 0.3) is 0 Å². The molecule has 1 aliphatic rings. The molecule has 0 saturated heterocycles. The van der Waals surface area contributed by atoms with Crippen molar-refractivity contribution in [2.24, 2.45) is 5.73 Å². The van der Waals surface area contributed by atoms with Crippen molar-refractivity contribution in [2.45, 2.75) is 12.8 Å². The minimum absolute atomic E-state index is 0.0422. The normalized spacial score (nSPS) is 16.5. The predicted molar refractivity (Wildman–Crippen MR) is 86.1 cm³/mol. The number of ether oxygens (including phenoxy) is 1. The summed E-state index contributed by atoms with van der Waals surface area (Å²) in [6.45, 7) is 1.57. The van der Waals surface area contributed by atoms with Crippen molar-refractivity contribution < 1.29 is 9.94 Å². The van der Waals surface area contributed by atoms with Gasteiger partial charge in [0.2, 0.25) is 5.88 Å². The Kier molecular flexibility index (Phi) is 3.62. The molecule has 0 aliphatic carbocycles. The van der Waals surface area contributed by atoms with Gasteiger partial charge in [-0.25, -0.2) is 0 Å². The number of benzene rings is 1. The molecular weight excluding hydrogens is 362 g/mol. The molecule has 7 heteroatoms. The zero-order chi connectivity index (χ0) is 16.7.